The Hall–Kier alpha value is -2.36. The van der Waals surface area contributed by atoms with Crippen molar-refractivity contribution in [2.75, 3.05) is 14.2 Å². The predicted molar refractivity (Wildman–Crippen MR) is 85.9 cm³/mol. The minimum absolute atomic E-state index is 0.729. The number of nitrogens with one attached hydrogen (secondary N) is 2. The molecule has 0 atom stereocenters. The summed E-state index contributed by atoms with van der Waals surface area (Å²) in [6, 6.07) is 5.83. The van der Waals surface area contributed by atoms with Gasteiger partial charge in [-0.3, -0.25) is 0 Å². The molecule has 0 bridgehead atoms. The highest BCUT2D eigenvalue weighted by molar-refractivity contribution is 5.64. The zero-order valence-corrected chi connectivity index (χ0v) is 13.2. The van der Waals surface area contributed by atoms with Crippen molar-refractivity contribution < 1.29 is 9.47 Å². The fourth-order valence-electron chi connectivity index (χ4n) is 2.21. The molecular formula is C17H22N2O2. The van der Waals surface area contributed by atoms with Crippen LogP contribution in [-0.4, -0.2) is 14.2 Å². The summed E-state index contributed by atoms with van der Waals surface area (Å²) in [5.41, 5.74) is 5.38. The lowest BCUT2D eigenvalue weighted by Gasteiger charge is -2.22. The maximum absolute atomic E-state index is 5.43. The molecule has 1 aromatic rings. The second-order valence-electron chi connectivity index (χ2n) is 4.95. The average molecular weight is 286 g/mol. The van der Waals surface area contributed by atoms with Gasteiger partial charge >= 0.3 is 0 Å². The van der Waals surface area contributed by atoms with Gasteiger partial charge in [0.1, 0.15) is 0 Å². The summed E-state index contributed by atoms with van der Waals surface area (Å²) in [5, 5.41) is 6.75. The smallest absolute Gasteiger partial charge is 0.167 e. The van der Waals surface area contributed by atoms with Crippen molar-refractivity contribution in [2.24, 2.45) is 0 Å². The molecule has 0 fully saturated rings. The van der Waals surface area contributed by atoms with Crippen LogP contribution in [0.2, 0.25) is 0 Å². The Morgan fingerprint density at radius 2 is 1.57 bits per heavy atom. The van der Waals surface area contributed by atoms with E-state index in [1.54, 1.807) is 14.2 Å². The van der Waals surface area contributed by atoms with Crippen molar-refractivity contribution in [2.45, 2.75) is 20.8 Å². The Labute approximate surface area is 126 Å². The first kappa shape index (κ1) is 15.0. The van der Waals surface area contributed by atoms with E-state index < -0.39 is 0 Å². The van der Waals surface area contributed by atoms with Crippen LogP contribution < -0.4 is 20.1 Å². The minimum Gasteiger partial charge on any atom is -0.493 e. The van der Waals surface area contributed by atoms with E-state index in [9.17, 15) is 0 Å². The lowest BCUT2D eigenvalue weighted by molar-refractivity contribution is 0.354. The van der Waals surface area contributed by atoms with E-state index >= 15 is 0 Å². The Kier molecular flexibility index (Phi) is 4.58. The Balaban J connectivity index is 2.28. The molecule has 1 aromatic carbocycles. The highest BCUT2D eigenvalue weighted by Gasteiger charge is 2.10. The molecule has 2 rings (SSSR count). The third kappa shape index (κ3) is 3.21. The molecule has 0 unspecified atom stereocenters. The molecule has 1 heterocycles. The van der Waals surface area contributed by atoms with Crippen molar-refractivity contribution in [3.63, 3.8) is 0 Å². The first-order chi connectivity index (χ1) is 10.1. The lowest BCUT2D eigenvalue weighted by atomic mass is 10.1. The Bertz CT molecular complexity index is 628. The van der Waals surface area contributed by atoms with E-state index in [1.807, 2.05) is 37.3 Å². The molecule has 4 heteroatoms. The molecule has 112 valence electrons. The minimum atomic E-state index is 0.729. The van der Waals surface area contributed by atoms with Gasteiger partial charge < -0.3 is 20.1 Å². The standard InChI is InChI=1S/C17H22N2O2/c1-11-12(2)19-15(13(3)18-11)10-9-14-7-6-8-16(20-4)17(14)21-5/h6-10,18-19H,1-5H3/b10-9+. The largest absolute Gasteiger partial charge is 0.493 e. The maximum atomic E-state index is 5.43. The molecule has 0 saturated carbocycles. The predicted octanol–water partition coefficient (Wildman–Crippen LogP) is 3.39. The second-order valence-corrected chi connectivity index (χ2v) is 4.95. The SMILES string of the molecule is COc1cccc(/C=C/C2=C(C)NC(C)=C(C)N2)c1OC. The summed E-state index contributed by atoms with van der Waals surface area (Å²) in [4.78, 5) is 0. The number of para-hydroxylation sites is 1. The highest BCUT2D eigenvalue weighted by atomic mass is 16.5. The summed E-state index contributed by atoms with van der Waals surface area (Å²) >= 11 is 0. The van der Waals surface area contributed by atoms with E-state index in [4.69, 9.17) is 9.47 Å². The van der Waals surface area contributed by atoms with Gasteiger partial charge in [-0.25, -0.2) is 0 Å². The molecular weight excluding hydrogens is 264 g/mol. The summed E-state index contributed by atoms with van der Waals surface area (Å²) in [6.07, 6.45) is 4.05. The molecule has 0 aromatic heterocycles. The number of benzene rings is 1. The molecule has 21 heavy (non-hydrogen) atoms. The van der Waals surface area contributed by atoms with Crippen LogP contribution in [0.25, 0.3) is 6.08 Å². The molecule has 1 aliphatic rings. The van der Waals surface area contributed by atoms with Crippen LogP contribution in [0.15, 0.2) is 47.1 Å². The molecule has 2 N–H and O–H groups in total. The van der Waals surface area contributed by atoms with E-state index in [0.717, 1.165) is 39.9 Å². The first-order valence-electron chi connectivity index (χ1n) is 6.88. The van der Waals surface area contributed by atoms with Crippen molar-refractivity contribution >= 4 is 6.08 Å². The molecule has 0 aliphatic carbocycles. The van der Waals surface area contributed by atoms with Crippen LogP contribution >= 0.6 is 0 Å². The third-order valence-electron chi connectivity index (χ3n) is 3.53. The number of rotatable bonds is 4. The molecule has 0 amide bonds. The van der Waals surface area contributed by atoms with Gasteiger partial charge in [-0.1, -0.05) is 12.1 Å². The van der Waals surface area contributed by atoms with Crippen molar-refractivity contribution in [1.82, 2.24) is 10.6 Å². The fraction of sp³-hybridized carbons (Fsp3) is 0.294. The molecule has 0 saturated heterocycles. The van der Waals surface area contributed by atoms with E-state index in [0.29, 0.717) is 0 Å². The third-order valence-corrected chi connectivity index (χ3v) is 3.53. The summed E-state index contributed by atoms with van der Waals surface area (Å²) < 4.78 is 10.7. The zero-order valence-electron chi connectivity index (χ0n) is 13.2. The number of ether oxygens (including phenoxy) is 2. The van der Waals surface area contributed by atoms with E-state index in [2.05, 4.69) is 24.5 Å². The zero-order chi connectivity index (χ0) is 15.4. The van der Waals surface area contributed by atoms with Crippen molar-refractivity contribution in [1.29, 1.82) is 0 Å². The fourth-order valence-corrected chi connectivity index (χ4v) is 2.21. The number of methoxy groups -OCH3 is 2. The van der Waals surface area contributed by atoms with E-state index in [1.165, 1.54) is 0 Å². The topological polar surface area (TPSA) is 42.5 Å². The van der Waals surface area contributed by atoms with Crippen LogP contribution in [0, 0.1) is 0 Å². The van der Waals surface area contributed by atoms with Crippen LogP contribution in [-0.2, 0) is 0 Å². The van der Waals surface area contributed by atoms with Gasteiger partial charge in [0, 0.05) is 22.7 Å². The van der Waals surface area contributed by atoms with Crippen molar-refractivity contribution in [3.05, 3.63) is 52.6 Å². The molecule has 1 aliphatic heterocycles. The van der Waals surface area contributed by atoms with Crippen LogP contribution in [0.3, 0.4) is 0 Å². The maximum Gasteiger partial charge on any atom is 0.167 e. The van der Waals surface area contributed by atoms with Gasteiger partial charge in [-0.2, -0.15) is 0 Å². The molecule has 4 nitrogen and oxygen atoms in total. The van der Waals surface area contributed by atoms with Gasteiger partial charge in [-0.05, 0) is 39.0 Å². The highest BCUT2D eigenvalue weighted by Crippen LogP contribution is 2.31. The van der Waals surface area contributed by atoms with Gasteiger partial charge in [0.2, 0.25) is 0 Å². The van der Waals surface area contributed by atoms with Gasteiger partial charge in [-0.15, -0.1) is 0 Å². The lowest BCUT2D eigenvalue weighted by Crippen LogP contribution is -2.26. The normalized spacial score (nSPS) is 15.1. The summed E-state index contributed by atoms with van der Waals surface area (Å²) in [6.45, 7) is 6.15. The van der Waals surface area contributed by atoms with Crippen molar-refractivity contribution in [3.8, 4) is 11.5 Å². The first-order valence-corrected chi connectivity index (χ1v) is 6.88. The number of hydrogen-bond acceptors (Lipinski definition) is 4. The Morgan fingerprint density at radius 3 is 2.24 bits per heavy atom. The van der Waals surface area contributed by atoms with Gasteiger partial charge in [0.15, 0.2) is 11.5 Å². The molecule has 0 radical (unpaired) electrons. The summed E-state index contributed by atoms with van der Waals surface area (Å²) in [7, 11) is 3.29. The quantitative estimate of drug-likeness (QED) is 0.890. The van der Waals surface area contributed by atoms with Gasteiger partial charge in [0.05, 0.1) is 19.9 Å². The monoisotopic (exact) mass is 286 g/mol. The molecule has 0 spiro atoms. The van der Waals surface area contributed by atoms with E-state index in [-0.39, 0.29) is 0 Å². The van der Waals surface area contributed by atoms with Crippen LogP contribution in [0.5, 0.6) is 11.5 Å². The Morgan fingerprint density at radius 1 is 0.857 bits per heavy atom. The second kappa shape index (κ2) is 6.39. The number of allylic oxidation sites excluding steroid dienone is 4. The van der Waals surface area contributed by atoms with Crippen LogP contribution in [0.1, 0.15) is 26.3 Å². The average Bonchev–Trinajstić information content (AvgIpc) is 2.49. The number of hydrogen-bond donors (Lipinski definition) is 2. The summed E-state index contributed by atoms with van der Waals surface area (Å²) in [5.74, 6) is 1.47. The van der Waals surface area contributed by atoms with Gasteiger partial charge in [0.25, 0.3) is 0 Å². The van der Waals surface area contributed by atoms with Crippen LogP contribution in [0.4, 0.5) is 0 Å².